The lowest BCUT2D eigenvalue weighted by atomic mass is 10.3. The number of halogens is 3. The first-order chi connectivity index (χ1) is 8.58. The number of benzene rings is 1. The molecule has 0 aliphatic rings. The van der Waals surface area contributed by atoms with Crippen molar-refractivity contribution in [3.63, 3.8) is 0 Å². The van der Waals surface area contributed by atoms with Crippen molar-refractivity contribution < 1.29 is 13.6 Å². The smallest absolute Gasteiger partial charge is 0.239 e. The molecule has 0 aliphatic heterocycles. The second-order valence-corrected chi connectivity index (χ2v) is 3.92. The topological polar surface area (TPSA) is 46.9 Å². The van der Waals surface area contributed by atoms with Gasteiger partial charge >= 0.3 is 0 Å². The van der Waals surface area contributed by atoms with Crippen LogP contribution in [0.5, 0.6) is 0 Å². The zero-order valence-electron chi connectivity index (χ0n) is 9.51. The van der Waals surface area contributed by atoms with Gasteiger partial charge in [0.1, 0.15) is 17.9 Å². The average molecular weight is 274 g/mol. The third-order valence-corrected chi connectivity index (χ3v) is 2.82. The molecule has 0 unspecified atom stereocenters. The molecule has 1 amide bonds. The first kappa shape index (κ1) is 12.8. The molecule has 2 rings (SSSR count). The van der Waals surface area contributed by atoms with E-state index in [0.29, 0.717) is 5.82 Å². The molecule has 1 N–H and O–H groups in total. The molecule has 0 saturated heterocycles. The number of amides is 1. The summed E-state index contributed by atoms with van der Waals surface area (Å²) in [5, 5.41) is 2.41. The van der Waals surface area contributed by atoms with E-state index in [4.69, 9.17) is 11.6 Å². The first-order valence-corrected chi connectivity index (χ1v) is 5.71. The quantitative estimate of drug-likeness (QED) is 0.867. The summed E-state index contributed by atoms with van der Waals surface area (Å²) in [6, 6.07) is 2.34. The number of nitrogens with one attached hydrogen (secondary N) is 1. The fourth-order valence-corrected chi connectivity index (χ4v) is 1.90. The lowest BCUT2D eigenvalue weighted by Gasteiger charge is -2.07. The van der Waals surface area contributed by atoms with Crippen LogP contribution in [0.4, 0.5) is 8.78 Å². The van der Waals surface area contributed by atoms with Gasteiger partial charge in [-0.05, 0) is 12.1 Å². The maximum Gasteiger partial charge on any atom is 0.239 e. The SMILES string of the molecule is CNC(=O)Cn1c(CCl)nc2ccc(F)c(F)c21. The molecule has 0 bridgehead atoms. The number of likely N-dealkylation sites (N-methyl/N-ethyl adjacent to an activating group) is 1. The largest absolute Gasteiger partial charge is 0.358 e. The van der Waals surface area contributed by atoms with Gasteiger partial charge in [-0.25, -0.2) is 13.8 Å². The molecule has 96 valence electrons. The van der Waals surface area contributed by atoms with Gasteiger partial charge in [0.05, 0.1) is 11.4 Å². The van der Waals surface area contributed by atoms with Gasteiger partial charge in [0.15, 0.2) is 11.6 Å². The lowest BCUT2D eigenvalue weighted by Crippen LogP contribution is -2.24. The summed E-state index contributed by atoms with van der Waals surface area (Å²) in [6.07, 6.45) is 0. The van der Waals surface area contributed by atoms with Gasteiger partial charge < -0.3 is 9.88 Å². The Morgan fingerprint density at radius 1 is 1.50 bits per heavy atom. The second kappa shape index (κ2) is 4.89. The Balaban J connectivity index is 2.67. The normalized spacial score (nSPS) is 10.9. The van der Waals surface area contributed by atoms with Crippen molar-refractivity contribution in [2.45, 2.75) is 12.4 Å². The molecular weight excluding hydrogens is 264 g/mol. The van der Waals surface area contributed by atoms with Gasteiger partial charge in [-0.2, -0.15) is 0 Å². The molecular formula is C11H10ClF2N3O. The average Bonchev–Trinajstić information content (AvgIpc) is 2.72. The molecule has 18 heavy (non-hydrogen) atoms. The van der Waals surface area contributed by atoms with E-state index in [-0.39, 0.29) is 29.4 Å². The number of rotatable bonds is 3. The van der Waals surface area contributed by atoms with E-state index in [1.807, 2.05) is 0 Å². The Hall–Kier alpha value is -1.69. The van der Waals surface area contributed by atoms with E-state index in [0.717, 1.165) is 6.07 Å². The fourth-order valence-electron chi connectivity index (χ4n) is 1.70. The molecule has 0 aliphatic carbocycles. The van der Waals surface area contributed by atoms with Crippen molar-refractivity contribution in [2.75, 3.05) is 7.05 Å². The van der Waals surface area contributed by atoms with Crippen LogP contribution >= 0.6 is 11.6 Å². The standard InChI is InChI=1S/C11H10ClF2N3O/c1-15-9(18)5-17-8(4-12)16-7-3-2-6(13)10(14)11(7)17/h2-3H,4-5H2,1H3,(H,15,18). The number of alkyl halides is 1. The number of imidazole rings is 1. The molecule has 0 spiro atoms. The molecule has 1 heterocycles. The molecule has 4 nitrogen and oxygen atoms in total. The highest BCUT2D eigenvalue weighted by Gasteiger charge is 2.18. The van der Waals surface area contributed by atoms with Crippen LogP contribution in [0.15, 0.2) is 12.1 Å². The number of hydrogen-bond acceptors (Lipinski definition) is 2. The number of hydrogen-bond donors (Lipinski definition) is 1. The first-order valence-electron chi connectivity index (χ1n) is 5.18. The molecule has 0 fully saturated rings. The molecule has 0 atom stereocenters. The number of nitrogens with zero attached hydrogens (tertiary/aromatic N) is 2. The highest BCUT2D eigenvalue weighted by Crippen LogP contribution is 2.22. The van der Waals surface area contributed by atoms with Crippen molar-refractivity contribution in [3.05, 3.63) is 29.6 Å². The minimum Gasteiger partial charge on any atom is -0.358 e. The van der Waals surface area contributed by atoms with Crippen LogP contribution in [-0.2, 0) is 17.2 Å². The highest BCUT2D eigenvalue weighted by molar-refractivity contribution is 6.16. The Bertz CT molecular complexity index is 612. The van der Waals surface area contributed by atoms with E-state index < -0.39 is 11.6 Å². The summed E-state index contributed by atoms with van der Waals surface area (Å²) in [7, 11) is 1.46. The molecule has 7 heteroatoms. The number of fused-ring (bicyclic) bond motifs is 1. The van der Waals surface area contributed by atoms with E-state index in [1.54, 1.807) is 0 Å². The van der Waals surface area contributed by atoms with E-state index in [9.17, 15) is 13.6 Å². The molecule has 0 radical (unpaired) electrons. The Labute approximate surface area is 107 Å². The zero-order valence-corrected chi connectivity index (χ0v) is 10.3. The summed E-state index contributed by atoms with van der Waals surface area (Å²) in [5.41, 5.74) is 0.225. The van der Waals surface area contributed by atoms with Crippen molar-refractivity contribution in [3.8, 4) is 0 Å². The van der Waals surface area contributed by atoms with Gasteiger partial charge in [-0.15, -0.1) is 11.6 Å². The van der Waals surface area contributed by atoms with Crippen LogP contribution in [0, 0.1) is 11.6 Å². The molecule has 0 saturated carbocycles. The van der Waals surface area contributed by atoms with Crippen molar-refractivity contribution in [1.29, 1.82) is 0 Å². The van der Waals surface area contributed by atoms with Gasteiger partial charge in [-0.3, -0.25) is 4.79 Å². The third-order valence-electron chi connectivity index (χ3n) is 2.58. The predicted molar refractivity (Wildman–Crippen MR) is 63.3 cm³/mol. The highest BCUT2D eigenvalue weighted by atomic mass is 35.5. The third kappa shape index (κ3) is 2.03. The van der Waals surface area contributed by atoms with Crippen molar-refractivity contribution in [1.82, 2.24) is 14.9 Å². The molecule has 1 aromatic carbocycles. The lowest BCUT2D eigenvalue weighted by molar-refractivity contribution is -0.121. The summed E-state index contributed by atoms with van der Waals surface area (Å²) < 4.78 is 28.2. The Morgan fingerprint density at radius 3 is 2.83 bits per heavy atom. The van der Waals surface area contributed by atoms with Crippen molar-refractivity contribution >= 4 is 28.5 Å². The Morgan fingerprint density at radius 2 is 2.22 bits per heavy atom. The second-order valence-electron chi connectivity index (χ2n) is 3.65. The van der Waals surface area contributed by atoms with Gasteiger partial charge in [0.25, 0.3) is 0 Å². The molecule has 2 aromatic rings. The zero-order chi connectivity index (χ0) is 13.3. The minimum atomic E-state index is -1.03. The van der Waals surface area contributed by atoms with Crippen molar-refractivity contribution in [2.24, 2.45) is 0 Å². The van der Waals surface area contributed by atoms with Crippen LogP contribution in [0.25, 0.3) is 11.0 Å². The summed E-state index contributed by atoms with van der Waals surface area (Å²) in [6.45, 7) is -0.157. The fraction of sp³-hybridized carbons (Fsp3) is 0.273. The van der Waals surface area contributed by atoms with Gasteiger partial charge in [0.2, 0.25) is 5.91 Å². The van der Waals surface area contributed by atoms with Gasteiger partial charge in [-0.1, -0.05) is 0 Å². The minimum absolute atomic E-state index is 0.00668. The summed E-state index contributed by atoms with van der Waals surface area (Å²) in [5.74, 6) is -2.03. The van der Waals surface area contributed by atoms with Crippen LogP contribution in [0.3, 0.4) is 0 Å². The number of carbonyl (C=O) groups is 1. The number of carbonyl (C=O) groups excluding carboxylic acids is 1. The predicted octanol–water partition coefficient (Wildman–Crippen LogP) is 1.80. The summed E-state index contributed by atoms with van der Waals surface area (Å²) in [4.78, 5) is 15.4. The number of aromatic nitrogens is 2. The van der Waals surface area contributed by atoms with E-state index in [1.165, 1.54) is 17.7 Å². The molecule has 1 aromatic heterocycles. The van der Waals surface area contributed by atoms with Crippen LogP contribution in [0.2, 0.25) is 0 Å². The van der Waals surface area contributed by atoms with E-state index in [2.05, 4.69) is 10.3 Å². The van der Waals surface area contributed by atoms with Crippen LogP contribution < -0.4 is 5.32 Å². The maximum atomic E-state index is 13.8. The van der Waals surface area contributed by atoms with E-state index >= 15 is 0 Å². The van der Waals surface area contributed by atoms with Crippen LogP contribution in [0.1, 0.15) is 5.82 Å². The summed E-state index contributed by atoms with van der Waals surface area (Å²) >= 11 is 5.69. The monoisotopic (exact) mass is 273 g/mol. The maximum absolute atomic E-state index is 13.8. The van der Waals surface area contributed by atoms with Crippen LogP contribution in [-0.4, -0.2) is 22.5 Å². The van der Waals surface area contributed by atoms with Gasteiger partial charge in [0, 0.05) is 7.05 Å². The Kier molecular flexibility index (Phi) is 3.47.